The lowest BCUT2D eigenvalue weighted by Crippen LogP contribution is -2.41. The first-order chi connectivity index (χ1) is 22.1. The van der Waals surface area contributed by atoms with Crippen LogP contribution in [0.15, 0.2) is 0 Å². The molecule has 2 unspecified atom stereocenters. The number of amides is 3. The third-order valence-electron chi connectivity index (χ3n) is 8.26. The number of carbonyl (C=O) groups excluding carboxylic acids is 3. The van der Waals surface area contributed by atoms with Crippen molar-refractivity contribution in [3.63, 3.8) is 0 Å². The fraction of sp³-hybridized carbons (Fsp3) is 0.853. The number of nitrogens with two attached hydrogens (primary N) is 2. The summed E-state index contributed by atoms with van der Waals surface area (Å²) >= 11 is 0. The molecule has 12 nitrogen and oxygen atoms in total. The molecule has 3 atom stereocenters. The maximum absolute atomic E-state index is 12.3. The van der Waals surface area contributed by atoms with Gasteiger partial charge in [0.2, 0.25) is 17.7 Å². The number of nitrogens with one attached hydrogen (secondary N) is 3. The van der Waals surface area contributed by atoms with E-state index in [4.69, 9.17) is 16.6 Å². The van der Waals surface area contributed by atoms with Crippen LogP contribution in [0.2, 0.25) is 0 Å². The van der Waals surface area contributed by atoms with Gasteiger partial charge in [-0.2, -0.15) is 0 Å². The minimum Gasteiger partial charge on any atom is -0.481 e. The fourth-order valence-electron chi connectivity index (χ4n) is 5.14. The summed E-state index contributed by atoms with van der Waals surface area (Å²) in [6.45, 7) is 3.05. The van der Waals surface area contributed by atoms with Crippen LogP contribution in [0.25, 0.3) is 0 Å². The Labute approximate surface area is 277 Å². The Kier molecular flexibility index (Phi) is 27.9. The van der Waals surface area contributed by atoms with E-state index in [1.807, 2.05) is 0 Å². The molecule has 12 heteroatoms. The molecular formula is C34H65N5O7. The Balaban J connectivity index is 3.83. The summed E-state index contributed by atoms with van der Waals surface area (Å²) in [6, 6.07) is -1.48. The van der Waals surface area contributed by atoms with Crippen molar-refractivity contribution in [3.05, 3.63) is 0 Å². The van der Waals surface area contributed by atoms with Crippen LogP contribution in [0.3, 0.4) is 0 Å². The lowest BCUT2D eigenvalue weighted by atomic mass is 10.0. The van der Waals surface area contributed by atoms with Crippen molar-refractivity contribution in [2.24, 2.45) is 11.5 Å². The zero-order chi connectivity index (χ0) is 34.4. The van der Waals surface area contributed by atoms with Gasteiger partial charge in [0.1, 0.15) is 6.04 Å². The maximum atomic E-state index is 12.3. The molecule has 0 heterocycles. The molecule has 0 aromatic carbocycles. The average molecular weight is 656 g/mol. The van der Waals surface area contributed by atoms with Crippen LogP contribution in [-0.2, 0) is 24.0 Å². The quantitative estimate of drug-likeness (QED) is 0.0507. The molecule has 0 aromatic heterocycles. The topological polar surface area (TPSA) is 214 Å². The summed E-state index contributed by atoms with van der Waals surface area (Å²) in [4.78, 5) is 58.6. The summed E-state index contributed by atoms with van der Waals surface area (Å²) < 4.78 is 0. The van der Waals surface area contributed by atoms with Gasteiger partial charge in [-0.05, 0) is 57.8 Å². The number of carbonyl (C=O) groups is 5. The first-order valence-electron chi connectivity index (χ1n) is 17.9. The smallest absolute Gasteiger partial charge is 0.326 e. The molecule has 268 valence electrons. The molecule has 0 spiro atoms. The van der Waals surface area contributed by atoms with E-state index in [0.717, 1.165) is 77.0 Å². The molecule has 0 aromatic rings. The van der Waals surface area contributed by atoms with Crippen molar-refractivity contribution in [1.29, 1.82) is 0 Å². The second-order valence-electron chi connectivity index (χ2n) is 12.5. The van der Waals surface area contributed by atoms with Gasteiger partial charge in [-0.1, -0.05) is 77.6 Å². The van der Waals surface area contributed by atoms with Gasteiger partial charge in [0.25, 0.3) is 0 Å². The van der Waals surface area contributed by atoms with E-state index in [2.05, 4.69) is 22.9 Å². The Morgan fingerprint density at radius 2 is 1.07 bits per heavy atom. The Hall–Kier alpha value is -2.73. The number of carboxylic acid groups (broad SMARTS) is 2. The maximum Gasteiger partial charge on any atom is 0.326 e. The molecule has 0 aliphatic rings. The van der Waals surface area contributed by atoms with Crippen molar-refractivity contribution in [2.75, 3.05) is 13.1 Å². The van der Waals surface area contributed by atoms with Crippen molar-refractivity contribution < 1.29 is 34.2 Å². The van der Waals surface area contributed by atoms with E-state index in [9.17, 15) is 29.1 Å². The van der Waals surface area contributed by atoms with Gasteiger partial charge < -0.3 is 37.6 Å². The Bertz CT molecular complexity index is 843. The minimum atomic E-state index is -1.15. The molecule has 0 bridgehead atoms. The van der Waals surface area contributed by atoms with Crippen LogP contribution in [0.1, 0.15) is 155 Å². The van der Waals surface area contributed by atoms with Crippen molar-refractivity contribution in [1.82, 2.24) is 16.0 Å². The van der Waals surface area contributed by atoms with Gasteiger partial charge in [0.15, 0.2) is 0 Å². The summed E-state index contributed by atoms with van der Waals surface area (Å²) in [6.07, 6.45) is 18.6. The number of hydrogen-bond acceptors (Lipinski definition) is 7. The molecule has 46 heavy (non-hydrogen) atoms. The molecule has 3 amide bonds. The first kappa shape index (κ1) is 43.3. The van der Waals surface area contributed by atoms with Gasteiger partial charge >= 0.3 is 11.9 Å². The van der Waals surface area contributed by atoms with Gasteiger partial charge in [-0.15, -0.1) is 0 Å². The van der Waals surface area contributed by atoms with Crippen LogP contribution in [-0.4, -0.2) is 71.1 Å². The van der Waals surface area contributed by atoms with Crippen LogP contribution in [0, 0.1) is 0 Å². The highest BCUT2D eigenvalue weighted by Gasteiger charge is 2.21. The van der Waals surface area contributed by atoms with Crippen LogP contribution in [0.4, 0.5) is 0 Å². The second kappa shape index (κ2) is 29.7. The minimum absolute atomic E-state index is 0.00690. The van der Waals surface area contributed by atoms with Crippen LogP contribution >= 0.6 is 0 Å². The third-order valence-corrected chi connectivity index (χ3v) is 8.26. The zero-order valence-electron chi connectivity index (χ0n) is 28.5. The molecular weight excluding hydrogens is 590 g/mol. The molecule has 0 saturated carbocycles. The van der Waals surface area contributed by atoms with Gasteiger partial charge in [-0.25, -0.2) is 4.79 Å². The molecule has 0 radical (unpaired) electrons. The summed E-state index contributed by atoms with van der Waals surface area (Å²) in [5.41, 5.74) is 11.9. The molecule has 0 rings (SSSR count). The van der Waals surface area contributed by atoms with E-state index in [0.29, 0.717) is 38.8 Å². The fourth-order valence-corrected chi connectivity index (χ4v) is 5.14. The summed E-state index contributed by atoms with van der Waals surface area (Å²) in [7, 11) is 0. The van der Waals surface area contributed by atoms with E-state index in [1.54, 1.807) is 0 Å². The highest BCUT2D eigenvalue weighted by molar-refractivity contribution is 5.84. The normalized spacial score (nSPS) is 13.0. The van der Waals surface area contributed by atoms with Crippen molar-refractivity contribution in [3.8, 4) is 0 Å². The second-order valence-corrected chi connectivity index (χ2v) is 12.5. The van der Waals surface area contributed by atoms with Gasteiger partial charge in [0, 0.05) is 38.4 Å². The van der Waals surface area contributed by atoms with Gasteiger partial charge in [0.05, 0.1) is 6.04 Å². The van der Waals surface area contributed by atoms with E-state index >= 15 is 0 Å². The molecule has 0 fully saturated rings. The largest absolute Gasteiger partial charge is 0.481 e. The van der Waals surface area contributed by atoms with E-state index in [1.165, 1.54) is 19.3 Å². The van der Waals surface area contributed by atoms with Gasteiger partial charge in [-0.3, -0.25) is 19.2 Å². The van der Waals surface area contributed by atoms with E-state index < -0.39 is 24.0 Å². The summed E-state index contributed by atoms with van der Waals surface area (Å²) in [5.74, 6) is -2.63. The number of unbranched alkanes of at least 4 members (excludes halogenated alkanes) is 13. The lowest BCUT2D eigenvalue weighted by Gasteiger charge is -2.15. The van der Waals surface area contributed by atoms with E-state index in [-0.39, 0.29) is 49.4 Å². The zero-order valence-corrected chi connectivity index (χ0v) is 28.5. The lowest BCUT2D eigenvalue weighted by molar-refractivity contribution is -0.142. The molecule has 0 aliphatic carbocycles. The van der Waals surface area contributed by atoms with Crippen molar-refractivity contribution in [2.45, 2.75) is 173 Å². The number of rotatable bonds is 32. The number of carboxylic acids is 2. The van der Waals surface area contributed by atoms with Crippen LogP contribution < -0.4 is 27.4 Å². The highest BCUT2D eigenvalue weighted by atomic mass is 16.4. The van der Waals surface area contributed by atoms with Crippen molar-refractivity contribution >= 4 is 29.7 Å². The summed E-state index contributed by atoms with van der Waals surface area (Å²) in [5, 5.41) is 26.3. The van der Waals surface area contributed by atoms with Crippen LogP contribution in [0.5, 0.6) is 0 Å². The average Bonchev–Trinajstić information content (AvgIpc) is 3.02. The molecule has 0 saturated heterocycles. The number of aliphatic carboxylic acids is 2. The monoisotopic (exact) mass is 655 g/mol. The molecule has 0 aliphatic heterocycles. The standard InChI is InChI=1S/C34H65N5O7/c1-2-27(35)19-15-17-26-38-33(44)28(36)20-16-18-25-37-30(40)24-23-29(34(45)46)39-31(41)21-13-11-9-7-5-3-4-6-8-10-12-14-22-32(42)43/h27-29H,2-26,35-36H2,1H3,(H,37,40)(H,38,44)(H,39,41)(H,42,43)(H,45,46)/t27-,28?,29?/m0/s1. The third kappa shape index (κ3) is 27.6. The predicted molar refractivity (Wildman–Crippen MR) is 181 cm³/mol. The number of hydrogen-bond donors (Lipinski definition) is 7. The predicted octanol–water partition coefficient (Wildman–Crippen LogP) is 4.52. The molecule has 9 N–H and O–H groups in total. The Morgan fingerprint density at radius 3 is 1.59 bits per heavy atom. The highest BCUT2D eigenvalue weighted by Crippen LogP contribution is 2.13. The SMILES string of the molecule is CC[C@H](N)CCCCNC(=O)C(N)CCCCNC(=O)CCC(NC(=O)CCCCCCCCCCCCCCC(=O)O)C(=O)O. The first-order valence-corrected chi connectivity index (χ1v) is 17.9. The Morgan fingerprint density at radius 1 is 0.565 bits per heavy atom.